The molecule has 4 rings (SSSR count). The Balaban J connectivity index is 1.47. The molecular formula is C18H20BrN3O3S. The minimum Gasteiger partial charge on any atom is -0.493 e. The monoisotopic (exact) mass is 437 g/mol. The number of pyridine rings is 1. The quantitative estimate of drug-likeness (QED) is 0.777. The molecule has 0 unspecified atom stereocenters. The van der Waals surface area contributed by atoms with Crippen molar-refractivity contribution in [3.05, 3.63) is 46.1 Å². The summed E-state index contributed by atoms with van der Waals surface area (Å²) in [7, 11) is -3.42. The lowest BCUT2D eigenvalue weighted by Gasteiger charge is -2.15. The zero-order chi connectivity index (χ0) is 18.1. The van der Waals surface area contributed by atoms with Crippen LogP contribution in [0.3, 0.4) is 0 Å². The van der Waals surface area contributed by atoms with Crippen molar-refractivity contribution in [3.8, 4) is 5.75 Å². The van der Waals surface area contributed by atoms with Crippen molar-refractivity contribution in [1.82, 2.24) is 9.29 Å². The lowest BCUT2D eigenvalue weighted by molar-refractivity contribution is 0.354. The van der Waals surface area contributed by atoms with Crippen LogP contribution < -0.4 is 10.1 Å². The fraction of sp³-hybridized carbons (Fsp3) is 0.389. The van der Waals surface area contributed by atoms with Crippen LogP contribution in [0.5, 0.6) is 5.75 Å². The summed E-state index contributed by atoms with van der Waals surface area (Å²) in [5.74, 6) is 1.58. The van der Waals surface area contributed by atoms with Gasteiger partial charge in [0.25, 0.3) is 0 Å². The highest BCUT2D eigenvalue weighted by atomic mass is 79.9. The van der Waals surface area contributed by atoms with E-state index in [1.54, 1.807) is 12.1 Å². The molecule has 6 nitrogen and oxygen atoms in total. The van der Waals surface area contributed by atoms with Gasteiger partial charge in [0, 0.05) is 42.3 Å². The standard InChI is InChI=1S/C18H20BrN3O3S/c19-15-9-13-5-8-25-18(13)14(10-15)11-20-17-4-3-16(12-21-17)26(23,24)22-6-1-2-7-22/h3-4,9-10,12H,1-2,5-8,11H2,(H,20,21). The minimum atomic E-state index is -3.42. The normalized spacial score (nSPS) is 17.1. The van der Waals surface area contributed by atoms with Crippen LogP contribution in [0.2, 0.25) is 0 Å². The predicted molar refractivity (Wildman–Crippen MR) is 103 cm³/mol. The Morgan fingerprint density at radius 2 is 2.04 bits per heavy atom. The number of benzene rings is 1. The van der Waals surface area contributed by atoms with E-state index in [0.717, 1.165) is 35.0 Å². The topological polar surface area (TPSA) is 71.5 Å². The van der Waals surface area contributed by atoms with Crippen molar-refractivity contribution in [2.45, 2.75) is 30.7 Å². The van der Waals surface area contributed by atoms with E-state index >= 15 is 0 Å². The smallest absolute Gasteiger partial charge is 0.244 e. The first-order valence-electron chi connectivity index (χ1n) is 8.68. The lowest BCUT2D eigenvalue weighted by atomic mass is 10.1. The molecule has 0 atom stereocenters. The summed E-state index contributed by atoms with van der Waals surface area (Å²) < 4.78 is 33.3. The maximum atomic E-state index is 12.5. The molecule has 1 saturated heterocycles. The predicted octanol–water partition coefficient (Wildman–Crippen LogP) is 3.18. The van der Waals surface area contributed by atoms with Crippen LogP contribution in [-0.4, -0.2) is 37.4 Å². The molecule has 138 valence electrons. The number of ether oxygens (including phenoxy) is 1. The van der Waals surface area contributed by atoms with Crippen LogP contribution in [0.15, 0.2) is 39.8 Å². The Bertz CT molecular complexity index is 910. The second-order valence-electron chi connectivity index (χ2n) is 6.50. The first kappa shape index (κ1) is 17.8. The van der Waals surface area contributed by atoms with Gasteiger partial charge in [-0.1, -0.05) is 15.9 Å². The summed E-state index contributed by atoms with van der Waals surface area (Å²) in [6.45, 7) is 2.46. The van der Waals surface area contributed by atoms with Gasteiger partial charge in [0.2, 0.25) is 10.0 Å². The van der Waals surface area contributed by atoms with Crippen LogP contribution in [-0.2, 0) is 23.0 Å². The van der Waals surface area contributed by atoms with Crippen molar-refractivity contribution in [2.75, 3.05) is 25.0 Å². The Labute approximate surface area is 161 Å². The van der Waals surface area contributed by atoms with Gasteiger partial charge >= 0.3 is 0 Å². The molecule has 0 amide bonds. The number of sulfonamides is 1. The van der Waals surface area contributed by atoms with Crippen molar-refractivity contribution in [3.63, 3.8) is 0 Å². The fourth-order valence-electron chi connectivity index (χ4n) is 3.38. The third kappa shape index (κ3) is 3.45. The molecule has 0 aliphatic carbocycles. The molecule has 2 aliphatic rings. The maximum absolute atomic E-state index is 12.5. The molecule has 1 aromatic heterocycles. The molecule has 0 saturated carbocycles. The van der Waals surface area contributed by atoms with Gasteiger partial charge in [-0.05, 0) is 42.7 Å². The average Bonchev–Trinajstić information content (AvgIpc) is 3.31. The van der Waals surface area contributed by atoms with E-state index in [4.69, 9.17) is 4.74 Å². The van der Waals surface area contributed by atoms with E-state index in [9.17, 15) is 8.42 Å². The van der Waals surface area contributed by atoms with Gasteiger partial charge in [0.1, 0.15) is 16.5 Å². The van der Waals surface area contributed by atoms with Crippen molar-refractivity contribution in [2.24, 2.45) is 0 Å². The largest absolute Gasteiger partial charge is 0.493 e. The van der Waals surface area contributed by atoms with Crippen LogP contribution in [0.25, 0.3) is 0 Å². The van der Waals surface area contributed by atoms with E-state index in [-0.39, 0.29) is 4.90 Å². The number of fused-ring (bicyclic) bond motifs is 1. The fourth-order valence-corrected chi connectivity index (χ4v) is 5.39. The van der Waals surface area contributed by atoms with E-state index in [0.29, 0.717) is 32.1 Å². The molecule has 0 radical (unpaired) electrons. The van der Waals surface area contributed by atoms with E-state index in [1.165, 1.54) is 16.1 Å². The summed E-state index contributed by atoms with van der Waals surface area (Å²) in [6.07, 6.45) is 4.19. The summed E-state index contributed by atoms with van der Waals surface area (Å²) in [4.78, 5) is 4.52. The second kappa shape index (κ2) is 7.17. The molecule has 2 aliphatic heterocycles. The van der Waals surface area contributed by atoms with E-state index in [1.807, 2.05) is 6.07 Å². The van der Waals surface area contributed by atoms with Gasteiger partial charge < -0.3 is 10.1 Å². The number of hydrogen-bond donors (Lipinski definition) is 1. The number of rotatable bonds is 5. The third-order valence-corrected chi connectivity index (χ3v) is 7.06. The average molecular weight is 438 g/mol. The SMILES string of the molecule is O=S(=O)(c1ccc(NCc2cc(Br)cc3c2OCC3)nc1)N1CCCC1. The summed E-state index contributed by atoms with van der Waals surface area (Å²) in [5, 5.41) is 3.25. The minimum absolute atomic E-state index is 0.247. The number of nitrogens with one attached hydrogen (secondary N) is 1. The molecule has 1 aromatic carbocycles. The molecule has 26 heavy (non-hydrogen) atoms. The van der Waals surface area contributed by atoms with E-state index < -0.39 is 10.0 Å². The first-order valence-corrected chi connectivity index (χ1v) is 10.9. The molecule has 8 heteroatoms. The maximum Gasteiger partial charge on any atom is 0.244 e. The number of anilines is 1. The van der Waals surface area contributed by atoms with Crippen LogP contribution in [0, 0.1) is 0 Å². The highest BCUT2D eigenvalue weighted by Gasteiger charge is 2.27. The Morgan fingerprint density at radius 3 is 2.77 bits per heavy atom. The van der Waals surface area contributed by atoms with Crippen molar-refractivity contribution >= 4 is 31.8 Å². The molecule has 0 spiro atoms. The second-order valence-corrected chi connectivity index (χ2v) is 9.35. The van der Waals surface area contributed by atoms with E-state index in [2.05, 4.69) is 32.3 Å². The molecule has 0 bridgehead atoms. The van der Waals surface area contributed by atoms with Gasteiger partial charge in [-0.3, -0.25) is 0 Å². The molecular weight excluding hydrogens is 418 g/mol. The summed E-state index contributed by atoms with van der Waals surface area (Å²) in [5.41, 5.74) is 2.26. The number of aromatic nitrogens is 1. The summed E-state index contributed by atoms with van der Waals surface area (Å²) in [6, 6.07) is 7.44. The van der Waals surface area contributed by atoms with Gasteiger partial charge in [-0.2, -0.15) is 4.31 Å². The van der Waals surface area contributed by atoms with Crippen LogP contribution in [0.1, 0.15) is 24.0 Å². The molecule has 3 heterocycles. The van der Waals surface area contributed by atoms with Gasteiger partial charge in [0.15, 0.2) is 0 Å². The van der Waals surface area contributed by atoms with Crippen LogP contribution >= 0.6 is 15.9 Å². The summed E-state index contributed by atoms with van der Waals surface area (Å²) >= 11 is 3.54. The van der Waals surface area contributed by atoms with Crippen molar-refractivity contribution < 1.29 is 13.2 Å². The first-order chi connectivity index (χ1) is 12.5. The highest BCUT2D eigenvalue weighted by Crippen LogP contribution is 2.33. The Hall–Kier alpha value is -1.64. The van der Waals surface area contributed by atoms with Crippen LogP contribution in [0.4, 0.5) is 5.82 Å². The Morgan fingerprint density at radius 1 is 1.23 bits per heavy atom. The van der Waals surface area contributed by atoms with Crippen molar-refractivity contribution in [1.29, 1.82) is 0 Å². The zero-order valence-electron chi connectivity index (χ0n) is 14.2. The third-order valence-electron chi connectivity index (χ3n) is 4.72. The number of nitrogens with zero attached hydrogens (tertiary/aromatic N) is 2. The van der Waals surface area contributed by atoms with Gasteiger partial charge in [-0.25, -0.2) is 13.4 Å². The molecule has 1 fully saturated rings. The Kier molecular flexibility index (Phi) is 4.90. The number of hydrogen-bond acceptors (Lipinski definition) is 5. The number of halogens is 1. The molecule has 2 aromatic rings. The van der Waals surface area contributed by atoms with Gasteiger partial charge in [-0.15, -0.1) is 0 Å². The zero-order valence-corrected chi connectivity index (χ0v) is 16.6. The van der Waals surface area contributed by atoms with Gasteiger partial charge in [0.05, 0.1) is 6.61 Å². The lowest BCUT2D eigenvalue weighted by Crippen LogP contribution is -2.27. The highest BCUT2D eigenvalue weighted by molar-refractivity contribution is 9.10. The molecule has 1 N–H and O–H groups in total.